The maximum atomic E-state index is 12.9. The molecule has 2 aliphatic carbocycles. The maximum absolute atomic E-state index is 12.9. The number of carbonyl (C=O) groups is 2. The molecule has 5 atom stereocenters. The monoisotopic (exact) mass is 371 g/mol. The van der Waals surface area contributed by atoms with E-state index in [-0.39, 0.29) is 23.8 Å². The normalized spacial score (nSPS) is 32.6. The van der Waals surface area contributed by atoms with Gasteiger partial charge >= 0.3 is 0 Å². The van der Waals surface area contributed by atoms with E-state index in [9.17, 15) is 14.7 Å². The fourth-order valence-corrected chi connectivity index (χ4v) is 5.22. The molecule has 1 aliphatic heterocycles. The van der Waals surface area contributed by atoms with Crippen LogP contribution in [0.25, 0.3) is 0 Å². The van der Waals surface area contributed by atoms with Crippen molar-refractivity contribution in [3.05, 3.63) is 29.1 Å². The molecule has 1 saturated heterocycles. The van der Waals surface area contributed by atoms with Crippen LogP contribution >= 0.6 is 0 Å². The molecule has 2 amide bonds. The number of likely N-dealkylation sites (tertiary alicyclic amines) is 1. The maximum Gasteiger partial charge on any atom is 0.253 e. The molecule has 3 fully saturated rings. The molecule has 2 saturated carbocycles. The van der Waals surface area contributed by atoms with Gasteiger partial charge in [-0.2, -0.15) is 0 Å². The Hall–Kier alpha value is -1.95. The van der Waals surface area contributed by atoms with Gasteiger partial charge in [0.25, 0.3) is 5.91 Å². The molecule has 146 valence electrons. The average Bonchev–Trinajstić information content (AvgIpc) is 3.29. The molecule has 2 N–H and O–H groups in total. The first kappa shape index (κ1) is 18.4. The number of amides is 2. The van der Waals surface area contributed by atoms with Crippen LogP contribution in [0.3, 0.4) is 0 Å². The second-order valence-corrected chi connectivity index (χ2v) is 8.60. The van der Waals surface area contributed by atoms with E-state index in [2.05, 4.69) is 10.3 Å². The molecule has 1 aromatic rings. The first-order valence-electron chi connectivity index (χ1n) is 10.1. The molecule has 4 rings (SSSR count). The predicted molar refractivity (Wildman–Crippen MR) is 101 cm³/mol. The summed E-state index contributed by atoms with van der Waals surface area (Å²) in [6, 6.07) is 3.19. The zero-order valence-corrected chi connectivity index (χ0v) is 16.1. The standard InChI is InChI=1S/C21H29N3O3/c1-12-6-7-17(13(2)22-12)20(26)23-18-8-16(9-19(18)25)21(27)24-10-14-4-3-5-15(14)11-24/h6-7,14-16,18-19,25H,3-5,8-11H2,1-2H3,(H,23,26)/t14-,15+,16-,18+,19+/m0/s1. The highest BCUT2D eigenvalue weighted by molar-refractivity contribution is 5.95. The van der Waals surface area contributed by atoms with Crippen LogP contribution in [0, 0.1) is 31.6 Å². The van der Waals surface area contributed by atoms with Crippen molar-refractivity contribution in [1.82, 2.24) is 15.2 Å². The van der Waals surface area contributed by atoms with E-state index in [1.807, 2.05) is 24.8 Å². The third-order valence-electron chi connectivity index (χ3n) is 6.70. The van der Waals surface area contributed by atoms with Crippen molar-refractivity contribution in [1.29, 1.82) is 0 Å². The first-order chi connectivity index (χ1) is 12.9. The highest BCUT2D eigenvalue weighted by atomic mass is 16.3. The van der Waals surface area contributed by atoms with E-state index >= 15 is 0 Å². The summed E-state index contributed by atoms with van der Waals surface area (Å²) in [5.41, 5.74) is 2.07. The largest absolute Gasteiger partial charge is 0.391 e. The average molecular weight is 371 g/mol. The molecular formula is C21H29N3O3. The molecule has 6 nitrogen and oxygen atoms in total. The Morgan fingerprint density at radius 2 is 1.85 bits per heavy atom. The number of aromatic nitrogens is 1. The van der Waals surface area contributed by atoms with Gasteiger partial charge < -0.3 is 15.3 Å². The van der Waals surface area contributed by atoms with Crippen molar-refractivity contribution in [3.63, 3.8) is 0 Å². The molecule has 0 unspecified atom stereocenters. The number of pyridine rings is 1. The third-order valence-corrected chi connectivity index (χ3v) is 6.70. The summed E-state index contributed by atoms with van der Waals surface area (Å²) < 4.78 is 0. The van der Waals surface area contributed by atoms with Gasteiger partial charge in [-0.3, -0.25) is 14.6 Å². The number of carbonyl (C=O) groups excluding carboxylic acids is 2. The minimum atomic E-state index is -0.677. The van der Waals surface area contributed by atoms with Crippen molar-refractivity contribution in [2.75, 3.05) is 13.1 Å². The van der Waals surface area contributed by atoms with Crippen LogP contribution in [0.2, 0.25) is 0 Å². The van der Waals surface area contributed by atoms with Gasteiger partial charge in [0.1, 0.15) is 0 Å². The summed E-state index contributed by atoms with van der Waals surface area (Å²) in [7, 11) is 0. The van der Waals surface area contributed by atoms with Crippen LogP contribution in [0.1, 0.15) is 53.8 Å². The Morgan fingerprint density at radius 1 is 1.15 bits per heavy atom. The lowest BCUT2D eigenvalue weighted by atomic mass is 10.0. The van der Waals surface area contributed by atoms with Gasteiger partial charge in [0.15, 0.2) is 0 Å². The van der Waals surface area contributed by atoms with Crippen LogP contribution < -0.4 is 5.32 Å². The van der Waals surface area contributed by atoms with Gasteiger partial charge in [-0.15, -0.1) is 0 Å². The van der Waals surface area contributed by atoms with Crippen molar-refractivity contribution in [3.8, 4) is 0 Å². The number of fused-ring (bicyclic) bond motifs is 1. The number of hydrogen-bond donors (Lipinski definition) is 2. The minimum absolute atomic E-state index is 0.161. The molecule has 0 spiro atoms. The quantitative estimate of drug-likeness (QED) is 0.849. The SMILES string of the molecule is Cc1ccc(C(=O)N[C@@H]2C[C@H](C(=O)N3C[C@H]4CCC[C@H]4C3)C[C@H]2O)c(C)n1. The molecule has 0 radical (unpaired) electrons. The van der Waals surface area contributed by atoms with E-state index in [1.54, 1.807) is 6.07 Å². The number of aliphatic hydroxyl groups is 1. The van der Waals surface area contributed by atoms with Gasteiger partial charge in [0, 0.05) is 24.7 Å². The van der Waals surface area contributed by atoms with Gasteiger partial charge in [-0.25, -0.2) is 0 Å². The number of nitrogens with zero attached hydrogens (tertiary/aromatic N) is 2. The summed E-state index contributed by atoms with van der Waals surface area (Å²) >= 11 is 0. The van der Waals surface area contributed by atoms with E-state index in [4.69, 9.17) is 0 Å². The Kier molecular flexibility index (Phi) is 4.93. The van der Waals surface area contributed by atoms with E-state index in [1.165, 1.54) is 19.3 Å². The van der Waals surface area contributed by atoms with Gasteiger partial charge in [0.05, 0.1) is 23.4 Å². The highest BCUT2D eigenvalue weighted by Gasteiger charge is 2.43. The molecule has 0 aromatic carbocycles. The molecular weight excluding hydrogens is 342 g/mol. The topological polar surface area (TPSA) is 82.5 Å². The summed E-state index contributed by atoms with van der Waals surface area (Å²) in [6.45, 7) is 5.45. The number of aryl methyl sites for hydroxylation is 2. The van der Waals surface area contributed by atoms with Crippen molar-refractivity contribution >= 4 is 11.8 Å². The van der Waals surface area contributed by atoms with Crippen LogP contribution in [-0.4, -0.2) is 52.0 Å². The van der Waals surface area contributed by atoms with Crippen LogP contribution in [0.15, 0.2) is 12.1 Å². The van der Waals surface area contributed by atoms with Gasteiger partial charge in [-0.1, -0.05) is 6.42 Å². The van der Waals surface area contributed by atoms with Crippen molar-refractivity contribution in [2.24, 2.45) is 17.8 Å². The molecule has 3 aliphatic rings. The Bertz CT molecular complexity index is 738. The van der Waals surface area contributed by atoms with E-state index in [0.717, 1.165) is 18.8 Å². The fourth-order valence-electron chi connectivity index (χ4n) is 5.22. The lowest BCUT2D eigenvalue weighted by Gasteiger charge is -2.21. The smallest absolute Gasteiger partial charge is 0.253 e. The highest BCUT2D eigenvalue weighted by Crippen LogP contribution is 2.39. The van der Waals surface area contributed by atoms with Crippen LogP contribution in [0.5, 0.6) is 0 Å². The fraction of sp³-hybridized carbons (Fsp3) is 0.667. The van der Waals surface area contributed by atoms with Gasteiger partial charge in [-0.05, 0) is 63.5 Å². The number of nitrogens with one attached hydrogen (secondary N) is 1. The second-order valence-electron chi connectivity index (χ2n) is 8.60. The molecule has 0 bridgehead atoms. The van der Waals surface area contributed by atoms with E-state index in [0.29, 0.717) is 35.9 Å². The molecule has 2 heterocycles. The molecule has 27 heavy (non-hydrogen) atoms. The Balaban J connectivity index is 1.36. The number of hydrogen-bond acceptors (Lipinski definition) is 4. The number of rotatable bonds is 3. The lowest BCUT2D eigenvalue weighted by Crippen LogP contribution is -2.40. The summed E-state index contributed by atoms with van der Waals surface area (Å²) in [4.78, 5) is 31.8. The predicted octanol–water partition coefficient (Wildman–Crippen LogP) is 1.83. The minimum Gasteiger partial charge on any atom is -0.391 e. The van der Waals surface area contributed by atoms with E-state index < -0.39 is 6.10 Å². The van der Waals surface area contributed by atoms with Crippen LogP contribution in [-0.2, 0) is 4.79 Å². The lowest BCUT2D eigenvalue weighted by molar-refractivity contribution is -0.134. The second kappa shape index (κ2) is 7.23. The summed E-state index contributed by atoms with van der Waals surface area (Å²) in [5.74, 6) is 1.09. The molecule has 6 heteroatoms. The third kappa shape index (κ3) is 3.59. The zero-order valence-electron chi connectivity index (χ0n) is 16.1. The van der Waals surface area contributed by atoms with Gasteiger partial charge in [0.2, 0.25) is 5.91 Å². The van der Waals surface area contributed by atoms with Crippen molar-refractivity contribution in [2.45, 2.75) is 58.1 Å². The summed E-state index contributed by atoms with van der Waals surface area (Å²) in [6.07, 6.45) is 4.04. The Morgan fingerprint density at radius 3 is 2.52 bits per heavy atom. The van der Waals surface area contributed by atoms with Crippen molar-refractivity contribution < 1.29 is 14.7 Å². The van der Waals surface area contributed by atoms with Crippen LogP contribution in [0.4, 0.5) is 0 Å². The Labute approximate surface area is 160 Å². The zero-order chi connectivity index (χ0) is 19.1. The number of aliphatic hydroxyl groups excluding tert-OH is 1. The molecule has 1 aromatic heterocycles. The first-order valence-corrected chi connectivity index (χ1v) is 10.1. The summed E-state index contributed by atoms with van der Waals surface area (Å²) in [5, 5.41) is 13.3.